The van der Waals surface area contributed by atoms with E-state index in [1.807, 2.05) is 30.3 Å². The Kier molecular flexibility index (Phi) is 4.19. The van der Waals surface area contributed by atoms with Crippen LogP contribution in [-0.4, -0.2) is 23.5 Å². The van der Waals surface area contributed by atoms with Crippen molar-refractivity contribution in [2.24, 2.45) is 0 Å². The number of benzene rings is 2. The summed E-state index contributed by atoms with van der Waals surface area (Å²) in [5, 5.41) is 0. The highest BCUT2D eigenvalue weighted by Gasteiger charge is 2.37. The zero-order valence-electron chi connectivity index (χ0n) is 12.2. The molecule has 0 aliphatic carbocycles. The normalized spacial score (nSPS) is 17.5. The molecule has 1 aliphatic heterocycles. The van der Waals surface area contributed by atoms with Crippen LogP contribution in [0.1, 0.15) is 17.2 Å². The first kappa shape index (κ1) is 15.0. The fourth-order valence-corrected chi connectivity index (χ4v) is 2.41. The van der Waals surface area contributed by atoms with Gasteiger partial charge in [0.2, 0.25) is 0 Å². The Balaban J connectivity index is 1.79. The maximum atomic E-state index is 12.9. The molecule has 5 heteroatoms. The Hall–Kier alpha value is -2.95. The molecular formula is C18H14FNO3. The summed E-state index contributed by atoms with van der Waals surface area (Å²) >= 11 is 0. The van der Waals surface area contributed by atoms with Crippen molar-refractivity contribution in [1.82, 2.24) is 4.90 Å². The van der Waals surface area contributed by atoms with Gasteiger partial charge in [0.25, 0.3) is 5.91 Å². The van der Waals surface area contributed by atoms with Gasteiger partial charge in [-0.3, -0.25) is 4.79 Å². The number of carbonyl (C=O) groups excluding carboxylic acids is 2. The van der Waals surface area contributed by atoms with Crippen molar-refractivity contribution < 1.29 is 18.7 Å². The third kappa shape index (κ3) is 3.29. The smallest absolute Gasteiger partial charge is 0.417 e. The third-order valence-corrected chi connectivity index (χ3v) is 3.58. The van der Waals surface area contributed by atoms with Crippen LogP contribution in [0.15, 0.2) is 60.7 Å². The average Bonchev–Trinajstić information content (AvgIpc) is 2.96. The fraction of sp³-hybridized carbons (Fsp3) is 0.111. The molecule has 2 amide bonds. The van der Waals surface area contributed by atoms with E-state index in [9.17, 15) is 14.0 Å². The number of amides is 2. The Bertz CT molecular complexity index is 741. The number of carbonyl (C=O) groups is 2. The SMILES string of the molecule is O=C(C=Cc1ccc(F)cc1)N1C(=O)OCC1c1ccccc1. The van der Waals surface area contributed by atoms with E-state index in [1.165, 1.54) is 24.3 Å². The van der Waals surface area contributed by atoms with Crippen LogP contribution in [0.25, 0.3) is 6.08 Å². The lowest BCUT2D eigenvalue weighted by Gasteiger charge is -2.18. The Labute approximate surface area is 132 Å². The fourth-order valence-electron chi connectivity index (χ4n) is 2.41. The molecule has 0 saturated carbocycles. The van der Waals surface area contributed by atoms with E-state index in [0.717, 1.165) is 10.5 Å². The number of hydrogen-bond donors (Lipinski definition) is 0. The second-order valence-electron chi connectivity index (χ2n) is 5.10. The Morgan fingerprint density at radius 2 is 1.83 bits per heavy atom. The van der Waals surface area contributed by atoms with Crippen LogP contribution >= 0.6 is 0 Å². The maximum Gasteiger partial charge on any atom is 0.417 e. The lowest BCUT2D eigenvalue weighted by Crippen LogP contribution is -2.32. The van der Waals surface area contributed by atoms with Crippen molar-refractivity contribution >= 4 is 18.1 Å². The summed E-state index contributed by atoms with van der Waals surface area (Å²) in [6, 6.07) is 14.5. The van der Waals surface area contributed by atoms with Crippen molar-refractivity contribution in [2.75, 3.05) is 6.61 Å². The second kappa shape index (κ2) is 6.44. The first-order valence-electron chi connectivity index (χ1n) is 7.14. The predicted molar refractivity (Wildman–Crippen MR) is 82.8 cm³/mol. The molecule has 4 nitrogen and oxygen atoms in total. The van der Waals surface area contributed by atoms with Crippen molar-refractivity contribution in [3.63, 3.8) is 0 Å². The van der Waals surface area contributed by atoms with Gasteiger partial charge >= 0.3 is 6.09 Å². The molecule has 116 valence electrons. The van der Waals surface area contributed by atoms with E-state index in [0.29, 0.717) is 5.56 Å². The molecule has 1 unspecified atom stereocenters. The molecule has 0 spiro atoms. The number of cyclic esters (lactones) is 1. The molecule has 0 radical (unpaired) electrons. The molecule has 1 heterocycles. The van der Waals surface area contributed by atoms with Gasteiger partial charge in [0.05, 0.1) is 0 Å². The summed E-state index contributed by atoms with van der Waals surface area (Å²) in [4.78, 5) is 25.3. The minimum Gasteiger partial charge on any atom is -0.446 e. The van der Waals surface area contributed by atoms with Crippen LogP contribution in [0.5, 0.6) is 0 Å². The molecule has 1 aliphatic rings. The van der Waals surface area contributed by atoms with Gasteiger partial charge in [0.1, 0.15) is 18.5 Å². The number of nitrogens with zero attached hydrogens (tertiary/aromatic N) is 1. The zero-order valence-corrected chi connectivity index (χ0v) is 12.2. The quantitative estimate of drug-likeness (QED) is 0.814. The van der Waals surface area contributed by atoms with Crippen molar-refractivity contribution in [1.29, 1.82) is 0 Å². The van der Waals surface area contributed by atoms with Gasteiger partial charge in [-0.2, -0.15) is 0 Å². The van der Waals surface area contributed by atoms with Crippen LogP contribution < -0.4 is 0 Å². The first-order valence-corrected chi connectivity index (χ1v) is 7.14. The van der Waals surface area contributed by atoms with Gasteiger partial charge in [-0.1, -0.05) is 42.5 Å². The van der Waals surface area contributed by atoms with Crippen LogP contribution in [0.2, 0.25) is 0 Å². The molecule has 23 heavy (non-hydrogen) atoms. The summed E-state index contributed by atoms with van der Waals surface area (Å²) < 4.78 is 17.9. The molecule has 1 atom stereocenters. The van der Waals surface area contributed by atoms with Crippen LogP contribution in [-0.2, 0) is 9.53 Å². The Morgan fingerprint density at radius 3 is 2.52 bits per heavy atom. The summed E-state index contributed by atoms with van der Waals surface area (Å²) in [5.74, 6) is -0.814. The van der Waals surface area contributed by atoms with E-state index < -0.39 is 18.0 Å². The molecular weight excluding hydrogens is 297 g/mol. The first-order chi connectivity index (χ1) is 11.1. The number of rotatable bonds is 3. The van der Waals surface area contributed by atoms with Crippen LogP contribution in [0.4, 0.5) is 9.18 Å². The van der Waals surface area contributed by atoms with E-state index in [4.69, 9.17) is 4.74 Å². The molecule has 0 bridgehead atoms. The highest BCUT2D eigenvalue weighted by atomic mass is 19.1. The summed E-state index contributed by atoms with van der Waals surface area (Å²) in [5.41, 5.74) is 1.51. The molecule has 2 aromatic carbocycles. The number of halogens is 1. The van der Waals surface area contributed by atoms with E-state index >= 15 is 0 Å². The maximum absolute atomic E-state index is 12.9. The van der Waals surface area contributed by atoms with Crippen molar-refractivity contribution in [2.45, 2.75) is 6.04 Å². The lowest BCUT2D eigenvalue weighted by atomic mass is 10.1. The highest BCUT2D eigenvalue weighted by Crippen LogP contribution is 2.27. The average molecular weight is 311 g/mol. The van der Waals surface area contributed by atoms with E-state index in [2.05, 4.69) is 0 Å². The summed E-state index contributed by atoms with van der Waals surface area (Å²) in [7, 11) is 0. The number of ether oxygens (including phenoxy) is 1. The largest absolute Gasteiger partial charge is 0.446 e. The number of hydrogen-bond acceptors (Lipinski definition) is 3. The highest BCUT2D eigenvalue weighted by molar-refractivity contribution is 6.02. The van der Waals surface area contributed by atoms with E-state index in [1.54, 1.807) is 12.1 Å². The minimum atomic E-state index is -0.660. The molecule has 0 N–H and O–H groups in total. The zero-order chi connectivity index (χ0) is 16.2. The van der Waals surface area contributed by atoms with E-state index in [-0.39, 0.29) is 12.4 Å². The topological polar surface area (TPSA) is 46.6 Å². The summed E-state index contributed by atoms with van der Waals surface area (Å²) in [6.07, 6.45) is 2.16. The predicted octanol–water partition coefficient (Wildman–Crippen LogP) is 3.56. The Morgan fingerprint density at radius 1 is 1.13 bits per heavy atom. The van der Waals surface area contributed by atoms with Gasteiger partial charge in [-0.15, -0.1) is 0 Å². The standard InChI is InChI=1S/C18H14FNO3/c19-15-9-6-13(7-10-15)8-11-17(21)20-16(12-23-18(20)22)14-4-2-1-3-5-14/h1-11,16H,12H2. The molecule has 2 aromatic rings. The van der Waals surface area contributed by atoms with Crippen LogP contribution in [0.3, 0.4) is 0 Å². The van der Waals surface area contributed by atoms with Crippen LogP contribution in [0, 0.1) is 5.82 Å². The molecule has 1 saturated heterocycles. The van der Waals surface area contributed by atoms with Gasteiger partial charge in [-0.25, -0.2) is 14.1 Å². The molecule has 1 fully saturated rings. The van der Waals surface area contributed by atoms with Gasteiger partial charge < -0.3 is 4.74 Å². The van der Waals surface area contributed by atoms with Gasteiger partial charge in [-0.05, 0) is 29.3 Å². The molecule has 0 aromatic heterocycles. The number of imide groups is 1. The van der Waals surface area contributed by atoms with Gasteiger partial charge in [0, 0.05) is 6.08 Å². The summed E-state index contributed by atoms with van der Waals surface area (Å²) in [6.45, 7) is 0.138. The molecule has 3 rings (SSSR count). The minimum absolute atomic E-state index is 0.138. The van der Waals surface area contributed by atoms with Gasteiger partial charge in [0.15, 0.2) is 0 Å². The van der Waals surface area contributed by atoms with Crippen molar-refractivity contribution in [3.8, 4) is 0 Å². The lowest BCUT2D eigenvalue weighted by molar-refractivity contribution is -0.124. The van der Waals surface area contributed by atoms with Crippen molar-refractivity contribution in [3.05, 3.63) is 77.6 Å². The second-order valence-corrected chi connectivity index (χ2v) is 5.10. The monoisotopic (exact) mass is 311 g/mol. The third-order valence-electron chi connectivity index (χ3n) is 3.58.